The molecule has 0 unspecified atom stereocenters. The van der Waals surface area contributed by atoms with Crippen LogP contribution in [0.5, 0.6) is 0 Å². The van der Waals surface area contributed by atoms with E-state index in [2.05, 4.69) is 9.97 Å². The lowest BCUT2D eigenvalue weighted by atomic mass is 10.3. The molecule has 1 aliphatic rings. The van der Waals surface area contributed by atoms with Crippen LogP contribution in [0.4, 0.5) is 19.0 Å². The number of halogens is 3. The number of aromatic nitrogens is 2. The Bertz CT molecular complexity index is 589. The highest BCUT2D eigenvalue weighted by atomic mass is 19.4. The van der Waals surface area contributed by atoms with Crippen LogP contribution < -0.4 is 4.90 Å². The Labute approximate surface area is 113 Å². The summed E-state index contributed by atoms with van der Waals surface area (Å²) in [5.74, 6) is -0.525. The monoisotopic (exact) mass is 283 g/mol. The zero-order valence-electron chi connectivity index (χ0n) is 10.5. The number of rotatable bonds is 2. The number of hydrogen-bond acceptors (Lipinski definition) is 4. The van der Waals surface area contributed by atoms with Crippen LogP contribution in [-0.2, 0) is 6.18 Å². The fourth-order valence-corrected chi connectivity index (χ4v) is 2.22. The molecule has 3 heterocycles. The molecule has 0 aliphatic carbocycles. The molecule has 1 aliphatic heterocycles. The maximum atomic E-state index is 12.9. The molecule has 2 aromatic heterocycles. The molecule has 106 valence electrons. The summed E-state index contributed by atoms with van der Waals surface area (Å²) < 4.78 is 43.8. The Hall–Kier alpha value is -2.05. The summed E-state index contributed by atoms with van der Waals surface area (Å²) >= 11 is 0. The molecule has 0 aromatic carbocycles. The number of anilines is 1. The van der Waals surface area contributed by atoms with Gasteiger partial charge in [0.2, 0.25) is 5.82 Å². The minimum absolute atomic E-state index is 0.152. The highest BCUT2D eigenvalue weighted by Crippen LogP contribution is 2.31. The molecule has 4 nitrogen and oxygen atoms in total. The van der Waals surface area contributed by atoms with Gasteiger partial charge in [-0.05, 0) is 25.0 Å². The number of furan rings is 1. The number of alkyl halides is 3. The summed E-state index contributed by atoms with van der Waals surface area (Å²) in [6.07, 6.45) is -1.25. The predicted molar refractivity (Wildman–Crippen MR) is 66.2 cm³/mol. The van der Waals surface area contributed by atoms with E-state index in [9.17, 15) is 13.2 Å². The van der Waals surface area contributed by atoms with Gasteiger partial charge in [0.1, 0.15) is 11.5 Å². The third kappa shape index (κ3) is 2.48. The lowest BCUT2D eigenvalue weighted by Crippen LogP contribution is -2.22. The first kappa shape index (κ1) is 13.0. The van der Waals surface area contributed by atoms with Crippen molar-refractivity contribution in [3.63, 3.8) is 0 Å². The molecule has 1 fully saturated rings. The molecule has 0 saturated carbocycles. The van der Waals surface area contributed by atoms with Crippen LogP contribution in [0.1, 0.15) is 18.7 Å². The molecular weight excluding hydrogens is 271 g/mol. The molecule has 20 heavy (non-hydrogen) atoms. The molecule has 2 aromatic rings. The Morgan fingerprint density at radius 1 is 1.15 bits per heavy atom. The van der Waals surface area contributed by atoms with Gasteiger partial charge in [-0.1, -0.05) is 0 Å². The number of nitrogens with zero attached hydrogens (tertiary/aromatic N) is 3. The van der Waals surface area contributed by atoms with E-state index in [-0.39, 0.29) is 5.69 Å². The smallest absolute Gasteiger partial charge is 0.451 e. The summed E-state index contributed by atoms with van der Waals surface area (Å²) in [6.45, 7) is 1.43. The first-order valence-electron chi connectivity index (χ1n) is 6.29. The molecule has 1 saturated heterocycles. The van der Waals surface area contributed by atoms with Crippen LogP contribution in [0.2, 0.25) is 0 Å². The van der Waals surface area contributed by atoms with Crippen molar-refractivity contribution in [3.8, 4) is 11.5 Å². The van der Waals surface area contributed by atoms with Gasteiger partial charge in [-0.2, -0.15) is 13.2 Å². The Morgan fingerprint density at radius 2 is 1.90 bits per heavy atom. The van der Waals surface area contributed by atoms with Crippen LogP contribution in [0.3, 0.4) is 0 Å². The lowest BCUT2D eigenvalue weighted by molar-refractivity contribution is -0.144. The molecule has 0 amide bonds. The predicted octanol–water partition coefficient (Wildman–Crippen LogP) is 3.36. The van der Waals surface area contributed by atoms with Crippen molar-refractivity contribution in [2.45, 2.75) is 19.0 Å². The van der Waals surface area contributed by atoms with Crippen molar-refractivity contribution in [3.05, 3.63) is 30.3 Å². The standard InChI is InChI=1S/C13H12F3N3O/c14-13(15,16)12-17-9(10-4-3-7-20-10)8-11(18-12)19-5-1-2-6-19/h3-4,7-8H,1-2,5-6H2. The molecule has 0 spiro atoms. The van der Waals surface area contributed by atoms with Gasteiger partial charge in [0.05, 0.1) is 6.26 Å². The largest absolute Gasteiger partial charge is 0.463 e. The number of hydrogen-bond donors (Lipinski definition) is 0. The van der Waals surface area contributed by atoms with Crippen LogP contribution in [0, 0.1) is 0 Å². The van der Waals surface area contributed by atoms with Gasteiger partial charge in [-0.25, -0.2) is 9.97 Å². The van der Waals surface area contributed by atoms with E-state index < -0.39 is 12.0 Å². The average molecular weight is 283 g/mol. The quantitative estimate of drug-likeness (QED) is 0.847. The summed E-state index contributed by atoms with van der Waals surface area (Å²) in [5, 5.41) is 0. The first-order valence-corrected chi connectivity index (χ1v) is 6.29. The second-order valence-corrected chi connectivity index (χ2v) is 4.60. The van der Waals surface area contributed by atoms with Crippen LogP contribution in [-0.4, -0.2) is 23.1 Å². The van der Waals surface area contributed by atoms with Gasteiger partial charge in [0.15, 0.2) is 5.76 Å². The van der Waals surface area contributed by atoms with Crippen LogP contribution in [0.15, 0.2) is 28.9 Å². The Kier molecular flexibility index (Phi) is 3.11. The fraction of sp³-hybridized carbons (Fsp3) is 0.385. The Balaban J connectivity index is 2.08. The summed E-state index contributed by atoms with van der Waals surface area (Å²) in [6, 6.07) is 4.73. The molecular formula is C13H12F3N3O. The second kappa shape index (κ2) is 4.81. The van der Waals surface area contributed by atoms with E-state index in [1.165, 1.54) is 6.26 Å². The Morgan fingerprint density at radius 3 is 2.50 bits per heavy atom. The third-order valence-electron chi connectivity index (χ3n) is 3.17. The minimum atomic E-state index is -4.57. The van der Waals surface area contributed by atoms with Gasteiger partial charge < -0.3 is 9.32 Å². The van der Waals surface area contributed by atoms with Crippen molar-refractivity contribution in [1.82, 2.24) is 9.97 Å². The van der Waals surface area contributed by atoms with Crippen molar-refractivity contribution in [1.29, 1.82) is 0 Å². The van der Waals surface area contributed by atoms with E-state index >= 15 is 0 Å². The highest BCUT2D eigenvalue weighted by Gasteiger charge is 2.36. The summed E-state index contributed by atoms with van der Waals surface area (Å²) in [5.41, 5.74) is 0.152. The minimum Gasteiger partial charge on any atom is -0.463 e. The van der Waals surface area contributed by atoms with Gasteiger partial charge >= 0.3 is 6.18 Å². The zero-order chi connectivity index (χ0) is 14.2. The molecule has 0 N–H and O–H groups in total. The summed E-state index contributed by atoms with van der Waals surface area (Å²) in [7, 11) is 0. The second-order valence-electron chi connectivity index (χ2n) is 4.60. The first-order chi connectivity index (χ1) is 9.54. The fourth-order valence-electron chi connectivity index (χ4n) is 2.22. The normalized spacial score (nSPS) is 15.8. The van der Waals surface area contributed by atoms with Crippen LogP contribution in [0.25, 0.3) is 11.5 Å². The van der Waals surface area contributed by atoms with Gasteiger partial charge in [-0.3, -0.25) is 0 Å². The van der Waals surface area contributed by atoms with Gasteiger partial charge in [0, 0.05) is 19.2 Å². The third-order valence-corrected chi connectivity index (χ3v) is 3.17. The van der Waals surface area contributed by atoms with Crippen molar-refractivity contribution in [2.75, 3.05) is 18.0 Å². The van der Waals surface area contributed by atoms with Crippen LogP contribution >= 0.6 is 0 Å². The SMILES string of the molecule is FC(F)(F)c1nc(-c2ccco2)cc(N2CCCC2)n1. The molecule has 0 atom stereocenters. The summed E-state index contributed by atoms with van der Waals surface area (Å²) in [4.78, 5) is 9.04. The van der Waals surface area contributed by atoms with E-state index in [1.54, 1.807) is 18.2 Å². The zero-order valence-corrected chi connectivity index (χ0v) is 10.5. The van der Waals surface area contributed by atoms with E-state index in [0.29, 0.717) is 24.7 Å². The van der Waals surface area contributed by atoms with Crippen molar-refractivity contribution in [2.24, 2.45) is 0 Å². The van der Waals surface area contributed by atoms with Crippen molar-refractivity contribution >= 4 is 5.82 Å². The van der Waals surface area contributed by atoms with Gasteiger partial charge in [0.25, 0.3) is 0 Å². The highest BCUT2D eigenvalue weighted by molar-refractivity contribution is 5.58. The molecule has 3 rings (SSSR count). The van der Waals surface area contributed by atoms with Gasteiger partial charge in [-0.15, -0.1) is 0 Å². The maximum Gasteiger partial charge on any atom is 0.451 e. The van der Waals surface area contributed by atoms with E-state index in [4.69, 9.17) is 4.42 Å². The molecule has 0 radical (unpaired) electrons. The maximum absolute atomic E-state index is 12.9. The topological polar surface area (TPSA) is 42.2 Å². The molecule has 0 bridgehead atoms. The van der Waals surface area contributed by atoms with Crippen molar-refractivity contribution < 1.29 is 17.6 Å². The average Bonchev–Trinajstić information content (AvgIpc) is 3.10. The lowest BCUT2D eigenvalue weighted by Gasteiger charge is -2.18. The molecule has 7 heteroatoms. The van der Waals surface area contributed by atoms with E-state index in [0.717, 1.165) is 12.8 Å². The van der Waals surface area contributed by atoms with E-state index in [1.807, 2.05) is 4.90 Å².